The second-order valence-corrected chi connectivity index (χ2v) is 17.1. The van der Waals surface area contributed by atoms with Crippen molar-refractivity contribution in [2.75, 3.05) is 32.0 Å². The van der Waals surface area contributed by atoms with Crippen LogP contribution in [0.3, 0.4) is 0 Å². The van der Waals surface area contributed by atoms with Crippen LogP contribution in [0.1, 0.15) is 73.3 Å². The van der Waals surface area contributed by atoms with Gasteiger partial charge in [0.2, 0.25) is 17.7 Å². The largest absolute Gasteiger partial charge is 0.461 e. The van der Waals surface area contributed by atoms with Crippen molar-refractivity contribution in [2.45, 2.75) is 68.7 Å². The molecule has 4 amide bonds. The molecule has 0 saturated heterocycles. The molecule has 0 saturated carbocycles. The third-order valence-electron chi connectivity index (χ3n) is 11.6. The highest BCUT2D eigenvalue weighted by Gasteiger charge is 2.40. The minimum atomic E-state index is -1.04. The number of thiol groups is 1. The zero-order chi connectivity index (χ0) is 46.9. The summed E-state index contributed by atoms with van der Waals surface area (Å²) in [5, 5.41) is 14.1. The zero-order valence-electron chi connectivity index (χ0n) is 37.2. The monoisotopic (exact) mass is 911 g/mol. The number of hydrogen-bond acceptors (Lipinski definition) is 10. The van der Waals surface area contributed by atoms with Gasteiger partial charge in [-0.15, -0.1) is 0 Å². The lowest BCUT2D eigenvalue weighted by molar-refractivity contribution is -0.144. The van der Waals surface area contributed by atoms with E-state index < -0.39 is 60.1 Å². The number of unbranched alkanes of at least 4 members (excludes halogenated alkanes) is 1. The van der Waals surface area contributed by atoms with E-state index >= 15 is 0 Å². The lowest BCUT2D eigenvalue weighted by Crippen LogP contribution is -2.53. The molecule has 2 atom stereocenters. The average Bonchev–Trinajstić information content (AvgIpc) is 3.65. The van der Waals surface area contributed by atoms with Crippen LogP contribution in [0.4, 0.5) is 4.79 Å². The number of ether oxygens (including phenoxy) is 2. The molecule has 0 radical (unpaired) electrons. The molecule has 0 aliphatic heterocycles. The number of amides is 4. The highest BCUT2D eigenvalue weighted by Crippen LogP contribution is 2.44. The average molecular weight is 912 g/mol. The van der Waals surface area contributed by atoms with Gasteiger partial charge in [0.25, 0.3) is 6.47 Å². The van der Waals surface area contributed by atoms with E-state index in [0.29, 0.717) is 25.7 Å². The molecule has 6 rings (SSSR count). The molecule has 1 unspecified atom stereocenters. The Kier molecular flexibility index (Phi) is 17.3. The van der Waals surface area contributed by atoms with Crippen molar-refractivity contribution in [3.8, 4) is 11.1 Å². The van der Waals surface area contributed by atoms with Crippen LogP contribution in [-0.2, 0) is 39.0 Å². The standard InChI is InChI=1S/C52H57N5O8S/c1-51(2,65-35-58)30-46(59)44(57-52(36-18-6-3-7-19-36,37-20-8-4-9-21-37)38-22-10-5-11-23-38)28-16-17-29-53-49(62)45(34-66)56-48(61)32-54-47(60)31-55-50(63)64-33-43-41-26-14-12-24-39(41)40-25-13-15-27-42(40)43/h3-15,18-27,35,43-45,57,66H,16-17,28-34H2,1-2H3,(H,53,62)(H,54,60)(H,55,63)(H,56,61)/t44?,45-/m1/s1. The van der Waals surface area contributed by atoms with Crippen molar-refractivity contribution in [2.24, 2.45) is 0 Å². The Hall–Kier alpha value is -6.77. The van der Waals surface area contributed by atoms with Crippen LogP contribution in [-0.4, -0.2) is 85.7 Å². The molecule has 5 aromatic rings. The van der Waals surface area contributed by atoms with E-state index in [1.54, 1.807) is 13.8 Å². The maximum Gasteiger partial charge on any atom is 0.407 e. The number of carbonyl (C=O) groups excluding carboxylic acids is 6. The highest BCUT2D eigenvalue weighted by atomic mass is 32.1. The second kappa shape index (κ2) is 23.4. The van der Waals surface area contributed by atoms with Gasteiger partial charge in [-0.05, 0) is 72.1 Å². The van der Waals surface area contributed by atoms with Crippen molar-refractivity contribution < 1.29 is 38.2 Å². The van der Waals surface area contributed by atoms with Gasteiger partial charge in [-0.2, -0.15) is 12.6 Å². The van der Waals surface area contributed by atoms with E-state index in [-0.39, 0.29) is 37.0 Å². The van der Waals surface area contributed by atoms with E-state index in [9.17, 15) is 28.8 Å². The Bertz CT molecular complexity index is 2290. The fourth-order valence-corrected chi connectivity index (χ4v) is 8.65. The van der Waals surface area contributed by atoms with Crippen LogP contribution in [0.25, 0.3) is 11.1 Å². The molecule has 5 aromatic carbocycles. The highest BCUT2D eigenvalue weighted by molar-refractivity contribution is 7.80. The van der Waals surface area contributed by atoms with Gasteiger partial charge >= 0.3 is 6.09 Å². The minimum Gasteiger partial charge on any atom is -0.461 e. The van der Waals surface area contributed by atoms with E-state index in [1.807, 2.05) is 140 Å². The summed E-state index contributed by atoms with van der Waals surface area (Å²) in [6, 6.07) is 44.0. The molecule has 66 heavy (non-hydrogen) atoms. The molecule has 0 heterocycles. The van der Waals surface area contributed by atoms with Crippen LogP contribution in [0.15, 0.2) is 140 Å². The number of carbonyl (C=O) groups is 6. The molecule has 344 valence electrons. The summed E-state index contributed by atoms with van der Waals surface area (Å²) in [5.74, 6) is -1.98. The molecule has 0 bridgehead atoms. The van der Waals surface area contributed by atoms with Gasteiger partial charge in [0, 0.05) is 24.6 Å². The van der Waals surface area contributed by atoms with Crippen LogP contribution in [0.2, 0.25) is 0 Å². The molecular formula is C52H57N5O8S. The Morgan fingerprint density at radius 3 is 1.70 bits per heavy atom. The first-order chi connectivity index (χ1) is 32.0. The molecule has 0 fully saturated rings. The first kappa shape index (κ1) is 48.7. The predicted molar refractivity (Wildman–Crippen MR) is 256 cm³/mol. The number of fused-ring (bicyclic) bond motifs is 3. The normalized spacial score (nSPS) is 13.0. The van der Waals surface area contributed by atoms with Gasteiger partial charge in [0.05, 0.1) is 18.1 Å². The van der Waals surface area contributed by atoms with E-state index in [1.165, 1.54) is 0 Å². The topological polar surface area (TPSA) is 181 Å². The fourth-order valence-electron chi connectivity index (χ4n) is 8.40. The predicted octanol–water partition coefficient (Wildman–Crippen LogP) is 6.20. The smallest absolute Gasteiger partial charge is 0.407 e. The number of alkyl carbamates (subject to hydrolysis) is 1. The Morgan fingerprint density at radius 1 is 0.652 bits per heavy atom. The van der Waals surface area contributed by atoms with Gasteiger partial charge in [-0.1, -0.05) is 140 Å². The second-order valence-electron chi connectivity index (χ2n) is 16.7. The van der Waals surface area contributed by atoms with Gasteiger partial charge in [0.1, 0.15) is 24.8 Å². The molecule has 0 spiro atoms. The Labute approximate surface area is 391 Å². The number of hydrogen-bond donors (Lipinski definition) is 6. The quantitative estimate of drug-likeness (QED) is 0.0182. The molecule has 1 aliphatic rings. The fraction of sp³-hybridized carbons (Fsp3) is 0.308. The summed E-state index contributed by atoms with van der Waals surface area (Å²) in [5.41, 5.74) is 5.13. The molecule has 1 aliphatic carbocycles. The van der Waals surface area contributed by atoms with Gasteiger partial charge < -0.3 is 30.7 Å². The Balaban J connectivity index is 0.988. The Morgan fingerprint density at radius 2 is 1.17 bits per heavy atom. The molecule has 0 aromatic heterocycles. The number of benzene rings is 5. The van der Waals surface area contributed by atoms with Crippen molar-refractivity contribution in [3.05, 3.63) is 167 Å². The first-order valence-corrected chi connectivity index (χ1v) is 22.7. The zero-order valence-corrected chi connectivity index (χ0v) is 38.1. The van der Waals surface area contributed by atoms with Crippen molar-refractivity contribution in [1.29, 1.82) is 0 Å². The summed E-state index contributed by atoms with van der Waals surface area (Å²) in [6.07, 6.45) is 0.618. The van der Waals surface area contributed by atoms with E-state index in [0.717, 1.165) is 38.9 Å². The van der Waals surface area contributed by atoms with E-state index in [4.69, 9.17) is 9.47 Å². The summed E-state index contributed by atoms with van der Waals surface area (Å²) >= 11 is 4.27. The first-order valence-electron chi connectivity index (χ1n) is 22.1. The SMILES string of the molecule is CC(C)(CC(=O)C(CCCCNC(=O)[C@@H](CS)NC(=O)CNC(=O)CNC(=O)OCC1c2ccccc2-c2ccccc21)NC(c1ccccc1)(c1ccccc1)c1ccccc1)OC=O. The minimum absolute atomic E-state index is 0.00542. The number of Topliss-reactive ketones (excluding diaryl/α,β-unsaturated/α-hetero) is 1. The van der Waals surface area contributed by atoms with Gasteiger partial charge in [0.15, 0.2) is 5.78 Å². The maximum absolute atomic E-state index is 14.3. The molecule has 14 heteroatoms. The number of nitrogens with one attached hydrogen (secondary N) is 5. The van der Waals surface area contributed by atoms with Gasteiger partial charge in [-0.3, -0.25) is 29.3 Å². The van der Waals surface area contributed by atoms with Gasteiger partial charge in [-0.25, -0.2) is 4.79 Å². The number of ketones is 1. The summed E-state index contributed by atoms with van der Waals surface area (Å²) in [4.78, 5) is 76.6. The summed E-state index contributed by atoms with van der Waals surface area (Å²) in [6.45, 7) is 3.23. The van der Waals surface area contributed by atoms with Crippen LogP contribution < -0.4 is 26.6 Å². The van der Waals surface area contributed by atoms with Crippen LogP contribution in [0.5, 0.6) is 0 Å². The lowest BCUT2D eigenvalue weighted by atomic mass is 9.75. The van der Waals surface area contributed by atoms with Crippen LogP contribution >= 0.6 is 12.6 Å². The molecular weight excluding hydrogens is 855 g/mol. The van der Waals surface area contributed by atoms with E-state index in [2.05, 4.69) is 39.2 Å². The summed E-state index contributed by atoms with van der Waals surface area (Å²) in [7, 11) is 0. The molecule has 13 nitrogen and oxygen atoms in total. The molecule has 5 N–H and O–H groups in total. The third kappa shape index (κ3) is 12.5. The third-order valence-corrected chi connectivity index (χ3v) is 12.0. The summed E-state index contributed by atoms with van der Waals surface area (Å²) < 4.78 is 10.8. The van der Waals surface area contributed by atoms with Crippen LogP contribution in [0, 0.1) is 0 Å². The maximum atomic E-state index is 14.3. The van der Waals surface area contributed by atoms with Crippen molar-refractivity contribution in [1.82, 2.24) is 26.6 Å². The van der Waals surface area contributed by atoms with Crippen molar-refractivity contribution >= 4 is 48.7 Å². The van der Waals surface area contributed by atoms with Crippen molar-refractivity contribution in [3.63, 3.8) is 0 Å². The lowest BCUT2D eigenvalue weighted by Gasteiger charge is -2.40. The number of rotatable bonds is 24.